The molecule has 0 aromatic heterocycles. The highest BCUT2D eigenvalue weighted by Gasteiger charge is 2.81. The Morgan fingerprint density at radius 3 is 0.357 bits per heavy atom. The van der Waals surface area contributed by atoms with Crippen molar-refractivity contribution in [3.8, 4) is 0 Å². The molecule has 0 aromatic carbocycles. The van der Waals surface area contributed by atoms with Crippen LogP contribution >= 0.6 is 0 Å². The lowest BCUT2D eigenvalue weighted by Gasteiger charge is -2.38. The molecule has 1 heterocycles. The third kappa shape index (κ3) is 4.03. The van der Waals surface area contributed by atoms with Gasteiger partial charge in [-0.05, 0) is 0 Å². The second-order valence-corrected chi connectivity index (χ2v) is 4.54. The van der Waals surface area contributed by atoms with E-state index in [1.54, 1.807) is 0 Å². The van der Waals surface area contributed by atoms with E-state index in [4.69, 9.17) is 0 Å². The number of rotatable bonds is 0. The Labute approximate surface area is 139 Å². The molecule has 1 fully saturated rings. The van der Waals surface area contributed by atoms with Gasteiger partial charge in [0.2, 0.25) is 0 Å². The van der Waals surface area contributed by atoms with Crippen molar-refractivity contribution in [2.24, 2.45) is 0 Å². The quantitative estimate of drug-likeness (QED) is 0.483. The van der Waals surface area contributed by atoms with Crippen LogP contribution in [-0.4, -0.2) is 48.9 Å². The molecule has 4 nitrogen and oxygen atoms in total. The van der Waals surface area contributed by atoms with Crippen molar-refractivity contribution in [1.29, 1.82) is 0 Å². The van der Waals surface area contributed by atoms with E-state index in [9.17, 15) is 70.2 Å². The lowest BCUT2D eigenvalue weighted by atomic mass is 10.4. The molecule has 0 N–H and O–H groups in total. The Kier molecular flexibility index (Phi) is 5.40. The maximum Gasteiger partial charge on any atom is 0.453 e. The maximum absolute atomic E-state index is 12.8. The van der Waals surface area contributed by atoms with Gasteiger partial charge in [0.1, 0.15) is 0 Å². The Morgan fingerprint density at radius 1 is 0.214 bits per heavy atom. The molecular weight excluding hydrogens is 464 g/mol. The monoisotopic (exact) mass is 464 g/mol. The summed E-state index contributed by atoms with van der Waals surface area (Å²) in [6.07, 6.45) is -59.0. The van der Waals surface area contributed by atoms with Gasteiger partial charge in [0.05, 0.1) is 0 Å². The molecule has 0 amide bonds. The zero-order valence-electron chi connectivity index (χ0n) is 11.7. The summed E-state index contributed by atoms with van der Waals surface area (Å²) in [5.41, 5.74) is 0. The van der Waals surface area contributed by atoms with Crippen LogP contribution in [0.3, 0.4) is 0 Å². The predicted octanol–water partition coefficient (Wildman–Crippen LogP) is 4.81. The fraction of sp³-hybridized carbons (Fsp3) is 1.00. The molecule has 0 bridgehead atoms. The first kappa shape index (κ1) is 24.8. The summed E-state index contributed by atoms with van der Waals surface area (Å²) in [5.74, 6) is 0. The average Bonchev–Trinajstić information content (AvgIpc) is 2.31. The molecule has 0 atom stereocenters. The van der Waals surface area contributed by atoms with Gasteiger partial charge in [-0.15, -0.1) is 0 Å². The Hall–Kier alpha value is -1.28. The molecule has 168 valence electrons. The average molecular weight is 464 g/mol. The van der Waals surface area contributed by atoms with Crippen molar-refractivity contribution < 1.29 is 89.2 Å². The van der Waals surface area contributed by atoms with Crippen molar-refractivity contribution >= 4 is 0 Å². The zero-order chi connectivity index (χ0) is 22.8. The van der Waals surface area contributed by atoms with E-state index >= 15 is 0 Å². The van der Waals surface area contributed by atoms with Crippen LogP contribution in [0.25, 0.3) is 0 Å². The van der Waals surface area contributed by atoms with Gasteiger partial charge in [-0.25, -0.2) is 18.9 Å². The van der Waals surface area contributed by atoms with Crippen molar-refractivity contribution in [3.63, 3.8) is 0 Å². The van der Waals surface area contributed by atoms with E-state index < -0.39 is 48.9 Å². The number of hydrogen-bond acceptors (Lipinski definition) is 4. The highest BCUT2D eigenvalue weighted by Crippen LogP contribution is 2.54. The highest BCUT2D eigenvalue weighted by atomic mass is 19.4. The van der Waals surface area contributed by atoms with Crippen LogP contribution in [0, 0.1) is 0 Å². The SMILES string of the molecule is FC1(F)OC(F)(F)C(F)(F)OC(F)(F)C(F)(F)OC(F)(F)C(F)(F)OC1(F)F. The Morgan fingerprint density at radius 2 is 0.286 bits per heavy atom. The minimum absolute atomic E-state index is 1.44. The van der Waals surface area contributed by atoms with Gasteiger partial charge >= 0.3 is 48.9 Å². The second kappa shape index (κ2) is 6.11. The largest absolute Gasteiger partial charge is 0.453 e. The van der Waals surface area contributed by atoms with E-state index in [2.05, 4.69) is 0 Å². The number of ether oxygens (including phenoxy) is 4. The van der Waals surface area contributed by atoms with Gasteiger partial charge < -0.3 is 0 Å². The van der Waals surface area contributed by atoms with Gasteiger partial charge in [-0.2, -0.15) is 70.2 Å². The van der Waals surface area contributed by atoms with Gasteiger partial charge in [0.15, 0.2) is 0 Å². The maximum atomic E-state index is 12.8. The molecule has 28 heavy (non-hydrogen) atoms. The predicted molar refractivity (Wildman–Crippen MR) is 43.9 cm³/mol. The third-order valence-corrected chi connectivity index (χ3v) is 2.38. The molecule has 0 unspecified atom stereocenters. The van der Waals surface area contributed by atoms with Gasteiger partial charge in [0.25, 0.3) is 0 Å². The Bertz CT molecular complexity index is 447. The van der Waals surface area contributed by atoms with E-state index in [-0.39, 0.29) is 0 Å². The number of alkyl halides is 16. The summed E-state index contributed by atoms with van der Waals surface area (Å²) in [6.45, 7) is 0. The van der Waals surface area contributed by atoms with Crippen molar-refractivity contribution in [2.75, 3.05) is 0 Å². The standard InChI is InChI=1S/C8F16O4/c9-1(10)2(11,12)26-5(17,18)6(19,20)28-8(23,24)7(21,22)27-4(15,16)3(13,14)25-1. The van der Waals surface area contributed by atoms with Crippen LogP contribution in [0.2, 0.25) is 0 Å². The first-order valence-electron chi connectivity index (χ1n) is 5.66. The molecule has 0 spiro atoms. The molecule has 1 aliphatic heterocycles. The van der Waals surface area contributed by atoms with Crippen molar-refractivity contribution in [2.45, 2.75) is 48.9 Å². The summed E-state index contributed by atoms with van der Waals surface area (Å²) >= 11 is 0. The third-order valence-electron chi connectivity index (χ3n) is 2.38. The zero-order valence-corrected chi connectivity index (χ0v) is 11.7. The number of halogens is 16. The summed E-state index contributed by atoms with van der Waals surface area (Å²) < 4.78 is 211. The van der Waals surface area contributed by atoms with Gasteiger partial charge in [-0.3, -0.25) is 0 Å². The van der Waals surface area contributed by atoms with Crippen LogP contribution in [0.15, 0.2) is 0 Å². The molecule has 0 aliphatic carbocycles. The molecule has 1 saturated heterocycles. The molecule has 0 radical (unpaired) electrons. The molecule has 0 aromatic rings. The summed E-state index contributed by atoms with van der Waals surface area (Å²) in [4.78, 5) is 0. The summed E-state index contributed by atoms with van der Waals surface area (Å²) in [5, 5.41) is 0. The van der Waals surface area contributed by atoms with E-state index in [1.807, 2.05) is 0 Å². The first-order chi connectivity index (χ1) is 11.8. The summed E-state index contributed by atoms with van der Waals surface area (Å²) in [6, 6.07) is 0. The highest BCUT2D eigenvalue weighted by molar-refractivity contribution is 4.83. The smallest absolute Gasteiger partial charge is 0.241 e. The van der Waals surface area contributed by atoms with E-state index in [0.717, 1.165) is 0 Å². The lowest BCUT2D eigenvalue weighted by molar-refractivity contribution is -0.610. The van der Waals surface area contributed by atoms with E-state index in [1.165, 1.54) is 18.9 Å². The molecule has 1 rings (SSSR count). The minimum atomic E-state index is -7.38. The number of hydrogen-bond donors (Lipinski definition) is 0. The molecule has 0 saturated carbocycles. The molecule has 20 heteroatoms. The van der Waals surface area contributed by atoms with Crippen molar-refractivity contribution in [3.05, 3.63) is 0 Å². The topological polar surface area (TPSA) is 36.9 Å². The molecule has 1 aliphatic rings. The fourth-order valence-electron chi connectivity index (χ4n) is 1.12. The van der Waals surface area contributed by atoms with Gasteiger partial charge in [0, 0.05) is 0 Å². The van der Waals surface area contributed by atoms with E-state index in [0.29, 0.717) is 0 Å². The molecular formula is C8F16O4. The van der Waals surface area contributed by atoms with Crippen LogP contribution in [0.1, 0.15) is 0 Å². The van der Waals surface area contributed by atoms with Crippen LogP contribution in [0.5, 0.6) is 0 Å². The normalized spacial score (nSPS) is 32.6. The minimum Gasteiger partial charge on any atom is -0.241 e. The lowest BCUT2D eigenvalue weighted by Crippen LogP contribution is -2.64. The Balaban J connectivity index is 3.68. The second-order valence-electron chi connectivity index (χ2n) is 4.54. The fourth-order valence-corrected chi connectivity index (χ4v) is 1.12. The summed E-state index contributed by atoms with van der Waals surface area (Å²) in [7, 11) is 0. The van der Waals surface area contributed by atoms with Crippen molar-refractivity contribution in [1.82, 2.24) is 0 Å². The van der Waals surface area contributed by atoms with Crippen LogP contribution < -0.4 is 0 Å². The van der Waals surface area contributed by atoms with Gasteiger partial charge in [-0.1, -0.05) is 0 Å². The first-order valence-corrected chi connectivity index (χ1v) is 5.66. The van der Waals surface area contributed by atoms with Crippen LogP contribution in [0.4, 0.5) is 70.2 Å². The van der Waals surface area contributed by atoms with Crippen LogP contribution in [-0.2, 0) is 18.9 Å².